The van der Waals surface area contributed by atoms with Crippen LogP contribution in [0, 0.1) is 0 Å². The summed E-state index contributed by atoms with van der Waals surface area (Å²) < 4.78 is 24.1. The molecule has 0 aliphatic heterocycles. The lowest BCUT2D eigenvalue weighted by atomic mass is 10.1. The van der Waals surface area contributed by atoms with Gasteiger partial charge in [0, 0.05) is 6.42 Å². The van der Waals surface area contributed by atoms with E-state index in [0.717, 1.165) is 51.1 Å². The van der Waals surface area contributed by atoms with Crippen LogP contribution in [0.2, 0.25) is 0 Å². The molecule has 0 aromatic rings. The highest BCUT2D eigenvalue weighted by atomic mass is 16.7. The molecule has 0 aliphatic rings. The predicted molar refractivity (Wildman–Crippen MR) is 141 cm³/mol. The molecule has 0 spiro atoms. The van der Waals surface area contributed by atoms with Gasteiger partial charge in [0.25, 0.3) is 0 Å². The highest BCUT2D eigenvalue weighted by Crippen LogP contribution is 2.20. The molecule has 0 bridgehead atoms. The van der Waals surface area contributed by atoms with E-state index in [1.54, 1.807) is 0 Å². The first-order valence-electron chi connectivity index (χ1n) is 14.5. The third-order valence-corrected chi connectivity index (χ3v) is 5.91. The predicted octanol–water partition coefficient (Wildman–Crippen LogP) is 9.67. The Morgan fingerprint density at radius 1 is 0.424 bits per heavy atom. The van der Waals surface area contributed by atoms with Crippen LogP contribution in [0.3, 0.4) is 0 Å². The summed E-state index contributed by atoms with van der Waals surface area (Å²) in [6, 6.07) is 0. The van der Waals surface area contributed by atoms with Gasteiger partial charge in [-0.25, -0.2) is 0 Å². The summed E-state index contributed by atoms with van der Waals surface area (Å²) in [5, 5.41) is 0. The van der Waals surface area contributed by atoms with Gasteiger partial charge >= 0.3 is 5.95 Å². The minimum Gasteiger partial charge on any atom is -0.491 e. The second-order valence-electron chi connectivity index (χ2n) is 9.28. The van der Waals surface area contributed by atoms with Crippen LogP contribution >= 0.6 is 0 Å². The summed E-state index contributed by atoms with van der Waals surface area (Å²) in [7, 11) is 0. The molecule has 0 aromatic carbocycles. The van der Waals surface area contributed by atoms with Crippen LogP contribution in [0.5, 0.6) is 0 Å². The van der Waals surface area contributed by atoms with E-state index in [9.17, 15) is 0 Å². The molecule has 0 aromatic heterocycles. The van der Waals surface area contributed by atoms with E-state index in [2.05, 4.69) is 27.7 Å². The third kappa shape index (κ3) is 22.6. The minimum atomic E-state index is 0.243. The third-order valence-electron chi connectivity index (χ3n) is 5.91. The zero-order chi connectivity index (χ0) is 24.2. The minimum absolute atomic E-state index is 0.243. The van der Waals surface area contributed by atoms with E-state index < -0.39 is 0 Å². The van der Waals surface area contributed by atoms with Gasteiger partial charge < -0.3 is 18.9 Å². The maximum Gasteiger partial charge on any atom is 0.321 e. The largest absolute Gasteiger partial charge is 0.491 e. The number of rotatable bonds is 27. The number of unbranched alkanes of at least 4 members (excludes halogenated alkanes) is 14. The average molecular weight is 471 g/mol. The summed E-state index contributed by atoms with van der Waals surface area (Å²) >= 11 is 0. The smallest absolute Gasteiger partial charge is 0.321 e. The Balaban J connectivity index is 4.72. The summed E-state index contributed by atoms with van der Waals surface area (Å²) in [5.74, 6) is 1.46. The van der Waals surface area contributed by atoms with Crippen LogP contribution in [-0.4, -0.2) is 26.6 Å². The zero-order valence-corrected chi connectivity index (χ0v) is 22.9. The Hall–Kier alpha value is -0.900. The molecule has 0 aliphatic carbocycles. The Labute approximate surface area is 207 Å². The molecule has 198 valence electrons. The quantitative estimate of drug-likeness (QED) is 0.0680. The van der Waals surface area contributed by atoms with E-state index in [1.165, 1.54) is 89.9 Å². The van der Waals surface area contributed by atoms with Crippen LogP contribution in [-0.2, 0) is 18.9 Å². The second kappa shape index (κ2) is 27.3. The molecule has 0 rings (SSSR count). The first kappa shape index (κ1) is 32.1. The SMILES string of the molecule is CCCCCCCCOC(CCCCC)=C(OCCCCCCCC)OCOCCCCC. The number of ether oxygens (including phenoxy) is 4. The van der Waals surface area contributed by atoms with Crippen molar-refractivity contribution in [3.05, 3.63) is 11.7 Å². The Morgan fingerprint density at radius 3 is 1.48 bits per heavy atom. The van der Waals surface area contributed by atoms with Gasteiger partial charge in [-0.2, -0.15) is 0 Å². The Bertz CT molecular complexity index is 408. The van der Waals surface area contributed by atoms with Gasteiger partial charge in [0.05, 0.1) is 19.8 Å². The van der Waals surface area contributed by atoms with Crippen LogP contribution in [0.25, 0.3) is 0 Å². The van der Waals surface area contributed by atoms with E-state index in [-0.39, 0.29) is 6.79 Å². The van der Waals surface area contributed by atoms with Gasteiger partial charge in [0.2, 0.25) is 0 Å². The van der Waals surface area contributed by atoms with Gasteiger partial charge in [-0.15, -0.1) is 0 Å². The average Bonchev–Trinajstić information content (AvgIpc) is 2.82. The first-order chi connectivity index (χ1) is 16.3. The summed E-state index contributed by atoms with van der Waals surface area (Å²) in [5.41, 5.74) is 0. The van der Waals surface area contributed by atoms with Crippen molar-refractivity contribution in [1.29, 1.82) is 0 Å². The molecule has 0 atom stereocenters. The normalized spacial score (nSPS) is 12.0. The van der Waals surface area contributed by atoms with E-state index in [0.29, 0.717) is 12.6 Å². The molecule has 0 saturated carbocycles. The van der Waals surface area contributed by atoms with Crippen molar-refractivity contribution in [2.24, 2.45) is 0 Å². The molecule has 0 N–H and O–H groups in total. The molecular formula is C29H58O4. The molecule has 0 fully saturated rings. The van der Waals surface area contributed by atoms with Crippen LogP contribution in [0.15, 0.2) is 11.7 Å². The lowest BCUT2D eigenvalue weighted by Gasteiger charge is -2.18. The van der Waals surface area contributed by atoms with Gasteiger partial charge in [0.1, 0.15) is 0 Å². The van der Waals surface area contributed by atoms with Crippen LogP contribution < -0.4 is 0 Å². The maximum atomic E-state index is 6.24. The standard InChI is InChI=1S/C29H58O4/c1-5-9-13-15-17-21-25-31-28(23-19-11-7-3)29(33-27-30-24-20-12-8-4)32-26-22-18-16-14-10-6-2/h5-27H2,1-4H3. The summed E-state index contributed by atoms with van der Waals surface area (Å²) in [6.45, 7) is 11.4. The lowest BCUT2D eigenvalue weighted by molar-refractivity contribution is -0.0845. The van der Waals surface area contributed by atoms with E-state index in [4.69, 9.17) is 18.9 Å². The molecule has 0 heterocycles. The summed E-state index contributed by atoms with van der Waals surface area (Å²) in [4.78, 5) is 0. The van der Waals surface area contributed by atoms with Gasteiger partial charge in [0.15, 0.2) is 12.6 Å². The van der Waals surface area contributed by atoms with Gasteiger partial charge in [-0.1, -0.05) is 118 Å². The second-order valence-corrected chi connectivity index (χ2v) is 9.28. The van der Waals surface area contributed by atoms with Crippen molar-refractivity contribution in [3.8, 4) is 0 Å². The van der Waals surface area contributed by atoms with Crippen LogP contribution in [0.1, 0.15) is 150 Å². The fraction of sp³-hybridized carbons (Fsp3) is 0.931. The molecule has 0 saturated heterocycles. The van der Waals surface area contributed by atoms with E-state index in [1.807, 2.05) is 0 Å². The Morgan fingerprint density at radius 2 is 0.879 bits per heavy atom. The van der Waals surface area contributed by atoms with Gasteiger partial charge in [-0.05, 0) is 25.7 Å². The van der Waals surface area contributed by atoms with Crippen molar-refractivity contribution in [3.63, 3.8) is 0 Å². The number of allylic oxidation sites excluding steroid dienone is 1. The maximum absolute atomic E-state index is 6.24. The molecule has 33 heavy (non-hydrogen) atoms. The first-order valence-corrected chi connectivity index (χ1v) is 14.5. The Kier molecular flexibility index (Phi) is 26.6. The number of hydrogen-bond donors (Lipinski definition) is 0. The molecule has 0 amide bonds. The van der Waals surface area contributed by atoms with Crippen molar-refractivity contribution in [2.45, 2.75) is 150 Å². The van der Waals surface area contributed by atoms with Crippen molar-refractivity contribution >= 4 is 0 Å². The highest BCUT2D eigenvalue weighted by Gasteiger charge is 2.13. The molecule has 0 radical (unpaired) electrons. The highest BCUT2D eigenvalue weighted by molar-refractivity contribution is 4.95. The fourth-order valence-corrected chi connectivity index (χ4v) is 3.70. The van der Waals surface area contributed by atoms with Crippen molar-refractivity contribution in [2.75, 3.05) is 26.6 Å². The summed E-state index contributed by atoms with van der Waals surface area (Å²) in [6.07, 6.45) is 22.9. The zero-order valence-electron chi connectivity index (χ0n) is 22.9. The van der Waals surface area contributed by atoms with Crippen LogP contribution in [0.4, 0.5) is 0 Å². The van der Waals surface area contributed by atoms with Crippen molar-refractivity contribution in [1.82, 2.24) is 0 Å². The molecule has 4 heteroatoms. The van der Waals surface area contributed by atoms with E-state index >= 15 is 0 Å². The topological polar surface area (TPSA) is 36.9 Å². The van der Waals surface area contributed by atoms with Crippen molar-refractivity contribution < 1.29 is 18.9 Å². The van der Waals surface area contributed by atoms with Gasteiger partial charge in [-0.3, -0.25) is 0 Å². The number of hydrogen-bond acceptors (Lipinski definition) is 4. The lowest BCUT2D eigenvalue weighted by Crippen LogP contribution is -2.10. The molecular weight excluding hydrogens is 412 g/mol. The molecule has 4 nitrogen and oxygen atoms in total. The fourth-order valence-electron chi connectivity index (χ4n) is 3.70. The molecule has 0 unspecified atom stereocenters. The monoisotopic (exact) mass is 470 g/mol.